The summed E-state index contributed by atoms with van der Waals surface area (Å²) in [5.41, 5.74) is 4.16. The number of hydrogen-bond acceptors (Lipinski definition) is 4. The fourth-order valence-corrected chi connectivity index (χ4v) is 4.23. The number of nitrogens with zero attached hydrogens (tertiary/aromatic N) is 3. The van der Waals surface area contributed by atoms with Crippen molar-refractivity contribution < 1.29 is 0 Å². The number of nitriles is 1. The minimum absolute atomic E-state index is 0.0871. The topological polar surface area (TPSA) is 58.7 Å². The summed E-state index contributed by atoms with van der Waals surface area (Å²) < 4.78 is 1.67. The van der Waals surface area contributed by atoms with Gasteiger partial charge >= 0.3 is 0 Å². The van der Waals surface area contributed by atoms with E-state index in [0.717, 1.165) is 17.7 Å². The van der Waals surface area contributed by atoms with Crippen LogP contribution in [0.2, 0.25) is 0 Å². The van der Waals surface area contributed by atoms with Crippen LogP contribution in [0.25, 0.3) is 16.6 Å². The summed E-state index contributed by atoms with van der Waals surface area (Å²) in [4.78, 5) is 18.1. The highest BCUT2D eigenvalue weighted by Gasteiger charge is 2.14. The highest BCUT2D eigenvalue weighted by Crippen LogP contribution is 2.26. The fraction of sp³-hybridized carbons (Fsp3) is 0.125. The normalized spacial score (nSPS) is 10.8. The predicted molar refractivity (Wildman–Crippen MR) is 117 cm³/mol. The van der Waals surface area contributed by atoms with E-state index in [4.69, 9.17) is 4.98 Å². The highest BCUT2D eigenvalue weighted by atomic mass is 32.2. The van der Waals surface area contributed by atoms with Gasteiger partial charge in [0.15, 0.2) is 5.16 Å². The fourth-order valence-electron chi connectivity index (χ4n) is 3.22. The van der Waals surface area contributed by atoms with Gasteiger partial charge in [-0.15, -0.1) is 0 Å². The molecule has 0 atom stereocenters. The Labute approximate surface area is 173 Å². The molecule has 1 heterocycles. The zero-order valence-electron chi connectivity index (χ0n) is 16.0. The molecule has 0 aliphatic rings. The van der Waals surface area contributed by atoms with Crippen molar-refractivity contribution in [1.29, 1.82) is 5.26 Å². The van der Waals surface area contributed by atoms with Gasteiger partial charge in [0.2, 0.25) is 0 Å². The van der Waals surface area contributed by atoms with Gasteiger partial charge in [-0.05, 0) is 47.9 Å². The van der Waals surface area contributed by atoms with E-state index in [9.17, 15) is 10.1 Å². The third-order valence-corrected chi connectivity index (χ3v) is 5.83. The van der Waals surface area contributed by atoms with Crippen molar-refractivity contribution in [3.05, 3.63) is 99.8 Å². The molecule has 142 valence electrons. The Morgan fingerprint density at radius 3 is 2.48 bits per heavy atom. The summed E-state index contributed by atoms with van der Waals surface area (Å²) in [5, 5.41) is 10.6. The van der Waals surface area contributed by atoms with E-state index in [-0.39, 0.29) is 5.56 Å². The first-order valence-corrected chi connectivity index (χ1v) is 10.4. The minimum atomic E-state index is -0.0871. The van der Waals surface area contributed by atoms with E-state index in [2.05, 4.69) is 13.0 Å². The summed E-state index contributed by atoms with van der Waals surface area (Å²) in [6.07, 6.45) is 0.942. The second kappa shape index (κ2) is 8.34. The van der Waals surface area contributed by atoms with E-state index in [1.54, 1.807) is 16.7 Å². The molecule has 0 N–H and O–H groups in total. The lowest BCUT2D eigenvalue weighted by molar-refractivity contribution is 0.819. The number of fused-ring (bicyclic) bond motifs is 1. The Bertz CT molecular complexity index is 1270. The van der Waals surface area contributed by atoms with E-state index >= 15 is 0 Å². The molecule has 0 saturated carbocycles. The van der Waals surface area contributed by atoms with Crippen LogP contribution in [-0.4, -0.2) is 9.55 Å². The molecule has 4 rings (SSSR count). The standard InChI is InChI=1S/C24H19N3OS/c1-2-17-11-13-20(14-12-17)27-23(28)21-9-5-6-10-22(21)26-24(27)29-16-19-8-4-3-7-18(19)15-25/h3-14H,2,16H2,1H3. The predicted octanol–water partition coefficient (Wildman–Crippen LogP) is 5.11. The number of rotatable bonds is 5. The highest BCUT2D eigenvalue weighted by molar-refractivity contribution is 7.98. The molecule has 0 amide bonds. The van der Waals surface area contributed by atoms with Crippen LogP contribution in [0.3, 0.4) is 0 Å². The van der Waals surface area contributed by atoms with Gasteiger partial charge in [0.05, 0.1) is 28.2 Å². The molecular formula is C24H19N3OS. The summed E-state index contributed by atoms with van der Waals surface area (Å²) in [5.74, 6) is 0.557. The first kappa shape index (κ1) is 19.0. The molecule has 4 aromatic rings. The number of aryl methyl sites for hydroxylation is 1. The van der Waals surface area contributed by atoms with Crippen LogP contribution in [0.15, 0.2) is 82.7 Å². The Balaban J connectivity index is 1.83. The van der Waals surface area contributed by atoms with Gasteiger partial charge in [0, 0.05) is 5.75 Å². The maximum atomic E-state index is 13.3. The number of hydrogen-bond donors (Lipinski definition) is 0. The van der Waals surface area contributed by atoms with Crippen LogP contribution in [0, 0.1) is 11.3 Å². The van der Waals surface area contributed by atoms with Crippen molar-refractivity contribution in [2.45, 2.75) is 24.3 Å². The smallest absolute Gasteiger partial charge is 0.266 e. The number of benzene rings is 3. The largest absolute Gasteiger partial charge is 0.268 e. The quantitative estimate of drug-likeness (QED) is 0.347. The molecular weight excluding hydrogens is 378 g/mol. The lowest BCUT2D eigenvalue weighted by Gasteiger charge is -2.14. The van der Waals surface area contributed by atoms with Crippen LogP contribution in [-0.2, 0) is 12.2 Å². The van der Waals surface area contributed by atoms with Crippen molar-refractivity contribution in [1.82, 2.24) is 9.55 Å². The number of aromatic nitrogens is 2. The summed E-state index contributed by atoms with van der Waals surface area (Å²) in [6, 6.07) is 25.1. The van der Waals surface area contributed by atoms with Crippen molar-refractivity contribution in [3.63, 3.8) is 0 Å². The molecule has 4 nitrogen and oxygen atoms in total. The first-order chi connectivity index (χ1) is 14.2. The van der Waals surface area contributed by atoms with Gasteiger partial charge in [-0.25, -0.2) is 4.98 Å². The SMILES string of the molecule is CCc1ccc(-n2c(SCc3ccccc3C#N)nc3ccccc3c2=O)cc1. The zero-order valence-corrected chi connectivity index (χ0v) is 16.8. The van der Waals surface area contributed by atoms with E-state index in [0.29, 0.717) is 27.4 Å². The molecule has 5 heteroatoms. The molecule has 1 aromatic heterocycles. The van der Waals surface area contributed by atoms with Crippen LogP contribution in [0.4, 0.5) is 0 Å². The van der Waals surface area contributed by atoms with Crippen LogP contribution < -0.4 is 5.56 Å². The van der Waals surface area contributed by atoms with Gasteiger partial charge in [-0.3, -0.25) is 9.36 Å². The second-order valence-corrected chi connectivity index (χ2v) is 7.57. The summed E-state index contributed by atoms with van der Waals surface area (Å²) in [7, 11) is 0. The van der Waals surface area contributed by atoms with Crippen molar-refractivity contribution in [2.75, 3.05) is 0 Å². The van der Waals surface area contributed by atoms with Crippen molar-refractivity contribution in [3.8, 4) is 11.8 Å². The second-order valence-electron chi connectivity index (χ2n) is 6.63. The number of para-hydroxylation sites is 1. The van der Waals surface area contributed by atoms with Gasteiger partial charge in [0.1, 0.15) is 0 Å². The molecule has 0 bridgehead atoms. The average molecular weight is 398 g/mol. The van der Waals surface area contributed by atoms with Crippen molar-refractivity contribution in [2.24, 2.45) is 0 Å². The first-order valence-electron chi connectivity index (χ1n) is 9.43. The zero-order chi connectivity index (χ0) is 20.2. The van der Waals surface area contributed by atoms with E-state index in [1.165, 1.54) is 17.3 Å². The third-order valence-electron chi connectivity index (χ3n) is 4.84. The molecule has 3 aromatic carbocycles. The molecule has 0 aliphatic carbocycles. The molecule has 0 saturated heterocycles. The molecule has 0 fully saturated rings. The molecule has 29 heavy (non-hydrogen) atoms. The summed E-state index contributed by atoms with van der Waals surface area (Å²) in [6.45, 7) is 2.10. The minimum Gasteiger partial charge on any atom is -0.268 e. The molecule has 0 radical (unpaired) electrons. The third kappa shape index (κ3) is 3.80. The van der Waals surface area contributed by atoms with Crippen LogP contribution >= 0.6 is 11.8 Å². The lowest BCUT2D eigenvalue weighted by Crippen LogP contribution is -2.21. The van der Waals surface area contributed by atoms with Gasteiger partial charge in [-0.1, -0.05) is 61.2 Å². The monoisotopic (exact) mass is 397 g/mol. The van der Waals surface area contributed by atoms with Gasteiger partial charge in [0.25, 0.3) is 5.56 Å². The number of thioether (sulfide) groups is 1. The Hall–Kier alpha value is -3.36. The summed E-state index contributed by atoms with van der Waals surface area (Å²) >= 11 is 1.46. The van der Waals surface area contributed by atoms with Gasteiger partial charge in [-0.2, -0.15) is 5.26 Å². The Morgan fingerprint density at radius 2 is 1.72 bits per heavy atom. The van der Waals surface area contributed by atoms with Crippen LogP contribution in [0.5, 0.6) is 0 Å². The molecule has 0 unspecified atom stereocenters. The van der Waals surface area contributed by atoms with E-state index in [1.807, 2.05) is 60.7 Å². The van der Waals surface area contributed by atoms with Gasteiger partial charge < -0.3 is 0 Å². The average Bonchev–Trinajstić information content (AvgIpc) is 2.78. The Morgan fingerprint density at radius 1 is 1.00 bits per heavy atom. The lowest BCUT2D eigenvalue weighted by atomic mass is 10.1. The maximum Gasteiger partial charge on any atom is 0.266 e. The van der Waals surface area contributed by atoms with Crippen molar-refractivity contribution >= 4 is 22.7 Å². The van der Waals surface area contributed by atoms with Crippen LogP contribution in [0.1, 0.15) is 23.6 Å². The van der Waals surface area contributed by atoms with E-state index < -0.39 is 0 Å². The molecule has 0 spiro atoms. The maximum absolute atomic E-state index is 13.3. The Kier molecular flexibility index (Phi) is 5.46. The molecule has 0 aliphatic heterocycles.